The highest BCUT2D eigenvalue weighted by molar-refractivity contribution is 7.17. The number of nitrogens with zero attached hydrogens (tertiary/aromatic N) is 3. The van der Waals surface area contributed by atoms with E-state index in [-0.39, 0.29) is 27.2 Å². The van der Waals surface area contributed by atoms with Gasteiger partial charge in [-0.1, -0.05) is 34.5 Å². The first-order valence-corrected chi connectivity index (χ1v) is 11.2. The van der Waals surface area contributed by atoms with E-state index in [1.807, 2.05) is 0 Å². The Morgan fingerprint density at radius 3 is 2.75 bits per heavy atom. The van der Waals surface area contributed by atoms with Crippen LogP contribution >= 0.6 is 34.5 Å². The third kappa shape index (κ3) is 4.19. The number of rotatable bonds is 5. The first-order valence-electron chi connectivity index (χ1n) is 9.62. The number of methoxy groups -OCH3 is 1. The minimum atomic E-state index is -1.37. The van der Waals surface area contributed by atoms with Gasteiger partial charge in [0.1, 0.15) is 22.4 Å². The molecule has 1 aliphatic rings. The molecule has 2 atom stereocenters. The highest BCUT2D eigenvalue weighted by atomic mass is 35.5. The van der Waals surface area contributed by atoms with E-state index in [1.54, 1.807) is 24.2 Å². The number of carbonyl (C=O) groups is 2. The summed E-state index contributed by atoms with van der Waals surface area (Å²) in [5.74, 6) is -0.645. The van der Waals surface area contributed by atoms with Crippen LogP contribution in [0.15, 0.2) is 12.4 Å². The Labute approximate surface area is 196 Å². The summed E-state index contributed by atoms with van der Waals surface area (Å²) in [6.45, 7) is 2.11. The Morgan fingerprint density at radius 2 is 2.16 bits per heavy atom. The fraction of sp³-hybridized carbons (Fsp3) is 0.368. The van der Waals surface area contributed by atoms with Crippen LogP contribution in [0.4, 0.5) is 9.52 Å². The maximum Gasteiger partial charge on any atom is 0.350 e. The molecular weight excluding hydrogens is 482 g/mol. The molecule has 170 valence electrons. The molecule has 0 saturated carbocycles. The highest BCUT2D eigenvalue weighted by Gasteiger charge is 2.34. The number of carbonyl (C=O) groups excluding carboxylic acids is 2. The topological polar surface area (TPSA) is 116 Å². The summed E-state index contributed by atoms with van der Waals surface area (Å²) >= 11 is 13.2. The van der Waals surface area contributed by atoms with Gasteiger partial charge in [0.05, 0.1) is 29.7 Å². The smallest absolute Gasteiger partial charge is 0.350 e. The number of H-pyrrole nitrogens is 2. The van der Waals surface area contributed by atoms with Gasteiger partial charge in [-0.2, -0.15) is 0 Å². The number of piperidine rings is 1. The van der Waals surface area contributed by atoms with Crippen molar-refractivity contribution >= 4 is 51.5 Å². The van der Waals surface area contributed by atoms with E-state index in [0.29, 0.717) is 35.3 Å². The summed E-state index contributed by atoms with van der Waals surface area (Å²) in [5.41, 5.74) is 1.02. The molecule has 13 heteroatoms. The predicted octanol–water partition coefficient (Wildman–Crippen LogP) is 3.61. The molecule has 3 N–H and O–H groups in total. The molecule has 1 fully saturated rings. The van der Waals surface area contributed by atoms with Gasteiger partial charge < -0.3 is 24.9 Å². The summed E-state index contributed by atoms with van der Waals surface area (Å²) in [6, 6.07) is -0.707. The van der Waals surface area contributed by atoms with E-state index in [1.165, 1.54) is 7.11 Å². The van der Waals surface area contributed by atoms with E-state index in [9.17, 15) is 14.0 Å². The van der Waals surface area contributed by atoms with Crippen molar-refractivity contribution < 1.29 is 18.7 Å². The van der Waals surface area contributed by atoms with Gasteiger partial charge in [-0.05, 0) is 13.3 Å². The summed E-state index contributed by atoms with van der Waals surface area (Å²) < 4.78 is 19.8. The van der Waals surface area contributed by atoms with Crippen molar-refractivity contribution in [2.75, 3.05) is 25.1 Å². The lowest BCUT2D eigenvalue weighted by atomic mass is 10.0. The number of hydrogen-bond acceptors (Lipinski definition) is 7. The molecule has 1 amide bonds. The second kappa shape index (κ2) is 9.08. The van der Waals surface area contributed by atoms with Crippen molar-refractivity contribution in [2.24, 2.45) is 0 Å². The van der Waals surface area contributed by atoms with Gasteiger partial charge in [0.2, 0.25) is 0 Å². The van der Waals surface area contributed by atoms with Gasteiger partial charge in [-0.25, -0.2) is 19.2 Å². The molecule has 0 spiro atoms. The number of halogens is 3. The molecule has 32 heavy (non-hydrogen) atoms. The van der Waals surface area contributed by atoms with Crippen LogP contribution in [0.5, 0.6) is 0 Å². The van der Waals surface area contributed by atoms with E-state index in [0.717, 1.165) is 11.3 Å². The lowest BCUT2D eigenvalue weighted by molar-refractivity contribution is 0.0606. The first-order chi connectivity index (χ1) is 15.3. The van der Waals surface area contributed by atoms with Crippen LogP contribution in [-0.4, -0.2) is 64.2 Å². The number of nitrogens with one attached hydrogen (secondary N) is 3. The number of aromatic nitrogens is 4. The first kappa shape index (κ1) is 22.6. The molecule has 0 unspecified atom stereocenters. The average Bonchev–Trinajstić information content (AvgIpc) is 3.51. The zero-order chi connectivity index (χ0) is 23.0. The number of ether oxygens (including phenoxy) is 1. The predicted molar refractivity (Wildman–Crippen MR) is 120 cm³/mol. The molecule has 4 rings (SSSR count). The largest absolute Gasteiger partial charge is 0.465 e. The second-order valence-corrected chi connectivity index (χ2v) is 8.92. The van der Waals surface area contributed by atoms with Crippen molar-refractivity contribution in [3.05, 3.63) is 38.7 Å². The number of hydrogen-bond donors (Lipinski definition) is 3. The summed E-state index contributed by atoms with van der Waals surface area (Å²) in [4.78, 5) is 41.1. The van der Waals surface area contributed by atoms with Crippen LogP contribution in [0, 0.1) is 6.92 Å². The van der Waals surface area contributed by atoms with Gasteiger partial charge in [-0.15, -0.1) is 0 Å². The maximum atomic E-state index is 15.0. The quantitative estimate of drug-likeness (QED) is 0.460. The molecule has 3 aromatic rings. The van der Waals surface area contributed by atoms with Crippen LogP contribution in [0.1, 0.15) is 32.3 Å². The Morgan fingerprint density at radius 1 is 1.38 bits per heavy atom. The van der Waals surface area contributed by atoms with Gasteiger partial charge in [0.15, 0.2) is 11.0 Å². The Balaban J connectivity index is 1.48. The van der Waals surface area contributed by atoms with Crippen LogP contribution in [0.2, 0.25) is 10.0 Å². The molecule has 9 nitrogen and oxygen atoms in total. The third-order valence-electron chi connectivity index (χ3n) is 5.12. The van der Waals surface area contributed by atoms with Crippen LogP contribution in [0.3, 0.4) is 0 Å². The monoisotopic (exact) mass is 500 g/mol. The minimum Gasteiger partial charge on any atom is -0.465 e. The Hall–Kier alpha value is -2.63. The molecule has 0 radical (unpaired) electrons. The van der Waals surface area contributed by atoms with Crippen LogP contribution in [-0.2, 0) is 4.74 Å². The van der Waals surface area contributed by atoms with Gasteiger partial charge in [0.25, 0.3) is 5.91 Å². The standard InChI is InChI=1S/C19H19Cl2FN6O3S/c1-8-11(20)12(21)13(25-8)17(29)26-10-3-6-28(7-9(10)22)19-27-14(16-23-4-5-24-16)15(32-19)18(30)31-2/h4-5,9-10,25H,3,6-7H2,1-2H3,(H,23,24)(H,26,29)/t9-,10+/m0/s1. The molecule has 4 heterocycles. The molecule has 1 saturated heterocycles. The Kier molecular flexibility index (Phi) is 6.40. The molecule has 1 aliphatic heterocycles. The van der Waals surface area contributed by atoms with Crippen molar-refractivity contribution in [3.8, 4) is 11.5 Å². The minimum absolute atomic E-state index is 0.00505. The number of alkyl halides is 1. The van der Waals surface area contributed by atoms with Crippen molar-refractivity contribution in [1.82, 2.24) is 25.3 Å². The summed E-state index contributed by atoms with van der Waals surface area (Å²) in [7, 11) is 1.28. The maximum absolute atomic E-state index is 15.0. The number of aromatic amines is 2. The number of thiazole rings is 1. The lowest BCUT2D eigenvalue weighted by Crippen LogP contribution is -2.52. The number of anilines is 1. The zero-order valence-electron chi connectivity index (χ0n) is 17.0. The summed E-state index contributed by atoms with van der Waals surface area (Å²) in [6.07, 6.45) is 2.13. The third-order valence-corrected chi connectivity index (χ3v) is 7.16. The van der Waals surface area contributed by atoms with Crippen LogP contribution < -0.4 is 10.2 Å². The molecule has 0 aromatic carbocycles. The number of imidazole rings is 1. The van der Waals surface area contributed by atoms with Crippen LogP contribution in [0.25, 0.3) is 11.5 Å². The second-order valence-electron chi connectivity index (χ2n) is 7.19. The molecular formula is C19H19Cl2FN6O3S. The van der Waals surface area contributed by atoms with Gasteiger partial charge in [-0.3, -0.25) is 4.79 Å². The zero-order valence-corrected chi connectivity index (χ0v) is 19.4. The Bertz CT molecular complexity index is 1150. The number of aryl methyl sites for hydroxylation is 1. The van der Waals surface area contributed by atoms with Gasteiger partial charge >= 0.3 is 5.97 Å². The van der Waals surface area contributed by atoms with E-state index < -0.39 is 24.1 Å². The van der Waals surface area contributed by atoms with E-state index in [2.05, 4.69) is 25.3 Å². The summed E-state index contributed by atoms with van der Waals surface area (Å²) in [5, 5.41) is 3.53. The molecule has 0 bridgehead atoms. The SMILES string of the molecule is COC(=O)c1sc(N2CC[C@@H](NC(=O)c3[nH]c(C)c(Cl)c3Cl)[C@@H](F)C2)nc1-c1ncc[nH]1. The van der Waals surface area contributed by atoms with Gasteiger partial charge in [0, 0.05) is 24.6 Å². The molecule has 0 aliphatic carbocycles. The van der Waals surface area contributed by atoms with E-state index >= 15 is 0 Å². The fourth-order valence-corrected chi connectivity index (χ4v) is 4.88. The normalized spacial score (nSPS) is 18.6. The number of amides is 1. The fourth-order valence-electron chi connectivity index (χ4n) is 3.44. The lowest BCUT2D eigenvalue weighted by Gasteiger charge is -2.34. The van der Waals surface area contributed by atoms with Crippen molar-refractivity contribution in [1.29, 1.82) is 0 Å². The highest BCUT2D eigenvalue weighted by Crippen LogP contribution is 2.34. The number of esters is 1. The molecule has 3 aromatic heterocycles. The average molecular weight is 501 g/mol. The van der Waals surface area contributed by atoms with Crippen molar-refractivity contribution in [3.63, 3.8) is 0 Å². The van der Waals surface area contributed by atoms with Crippen molar-refractivity contribution in [2.45, 2.75) is 25.6 Å². The van der Waals surface area contributed by atoms with E-state index in [4.69, 9.17) is 27.9 Å².